The van der Waals surface area contributed by atoms with Gasteiger partial charge in [0.2, 0.25) is 11.6 Å². The van der Waals surface area contributed by atoms with Gasteiger partial charge in [0, 0.05) is 48.2 Å². The lowest BCUT2D eigenvalue weighted by Crippen LogP contribution is -2.37. The molecule has 14 heteroatoms. The van der Waals surface area contributed by atoms with Crippen molar-refractivity contribution in [1.82, 2.24) is 14.9 Å². The van der Waals surface area contributed by atoms with E-state index in [-0.39, 0.29) is 31.9 Å². The van der Waals surface area contributed by atoms with Crippen molar-refractivity contribution in [2.45, 2.75) is 52.1 Å². The number of benzene rings is 2. The fourth-order valence-corrected chi connectivity index (χ4v) is 4.50. The number of hydrogen-bond acceptors (Lipinski definition) is 8. The second-order valence-corrected chi connectivity index (χ2v) is 11.2. The Morgan fingerprint density at radius 3 is 2.37 bits per heavy atom. The fraction of sp³-hybridized carbons (Fsp3) is 0.375. The van der Waals surface area contributed by atoms with Crippen LogP contribution in [0.1, 0.15) is 44.7 Å². The van der Waals surface area contributed by atoms with E-state index in [9.17, 15) is 32.0 Å². The molecule has 0 saturated heterocycles. The number of aromatic nitrogens is 2. The lowest BCUT2D eigenvalue weighted by atomic mass is 10.1. The summed E-state index contributed by atoms with van der Waals surface area (Å²) in [5, 5.41) is 11.7. The van der Waals surface area contributed by atoms with Crippen molar-refractivity contribution in [3.8, 4) is 17.7 Å². The normalized spacial score (nSPS) is 11.8. The number of nitrogens with zero attached hydrogens (tertiary/aromatic N) is 4. The summed E-state index contributed by atoms with van der Waals surface area (Å²) in [7, 11) is 0. The first-order valence-corrected chi connectivity index (χ1v) is 14.2. The first-order chi connectivity index (χ1) is 21.7. The van der Waals surface area contributed by atoms with Crippen LogP contribution in [-0.2, 0) is 16.0 Å². The molecule has 0 radical (unpaired) electrons. The van der Waals surface area contributed by atoms with Crippen LogP contribution in [0.2, 0.25) is 0 Å². The van der Waals surface area contributed by atoms with Crippen molar-refractivity contribution >= 4 is 27.8 Å². The highest BCUT2D eigenvalue weighted by atomic mass is 19.4. The molecular weight excluding hydrogens is 615 g/mol. The summed E-state index contributed by atoms with van der Waals surface area (Å²) in [6.45, 7) is 5.47. The third kappa shape index (κ3) is 9.37. The third-order valence-electron chi connectivity index (χ3n) is 6.42. The lowest BCUT2D eigenvalue weighted by molar-refractivity contribution is -0.276. The minimum atomic E-state index is -5.28. The number of unbranched alkanes of at least 4 members (excludes halogenated alkanes) is 1. The van der Waals surface area contributed by atoms with Gasteiger partial charge < -0.3 is 23.8 Å². The van der Waals surface area contributed by atoms with Crippen LogP contribution in [0.5, 0.6) is 11.6 Å². The number of hydrogen-bond donors (Lipinski definition) is 0. The molecule has 0 saturated carbocycles. The first-order valence-electron chi connectivity index (χ1n) is 14.2. The smallest absolute Gasteiger partial charge is 0.475 e. The van der Waals surface area contributed by atoms with E-state index in [0.717, 1.165) is 16.2 Å². The Balaban J connectivity index is 1.30. The highest BCUT2D eigenvalue weighted by molar-refractivity contribution is 6.07. The second kappa shape index (κ2) is 14.6. The van der Waals surface area contributed by atoms with Crippen LogP contribution in [0.3, 0.4) is 0 Å². The number of ether oxygens (including phenoxy) is 4. The van der Waals surface area contributed by atoms with Crippen molar-refractivity contribution in [2.75, 3.05) is 26.4 Å². The molecule has 0 spiro atoms. The van der Waals surface area contributed by atoms with E-state index < -0.39 is 35.4 Å². The minimum absolute atomic E-state index is 0.0850. The van der Waals surface area contributed by atoms with Gasteiger partial charge in [0.05, 0.1) is 23.8 Å². The average molecular weight is 647 g/mol. The Morgan fingerprint density at radius 1 is 0.957 bits per heavy atom. The van der Waals surface area contributed by atoms with Gasteiger partial charge in [-0.25, -0.2) is 18.6 Å². The van der Waals surface area contributed by atoms with Gasteiger partial charge in [0.15, 0.2) is 11.6 Å². The second-order valence-electron chi connectivity index (χ2n) is 11.2. The molecule has 1 amide bonds. The predicted molar refractivity (Wildman–Crippen MR) is 157 cm³/mol. The maximum atomic E-state index is 14.3. The first kappa shape index (κ1) is 34.1. The molecule has 46 heavy (non-hydrogen) atoms. The average Bonchev–Trinajstić information content (AvgIpc) is 2.98. The Kier molecular flexibility index (Phi) is 10.8. The summed E-state index contributed by atoms with van der Waals surface area (Å²) in [4.78, 5) is 22.8. The molecule has 9 nitrogen and oxygen atoms in total. The van der Waals surface area contributed by atoms with Gasteiger partial charge >= 0.3 is 12.5 Å². The molecule has 0 atom stereocenters. The van der Waals surface area contributed by atoms with Crippen LogP contribution in [0.4, 0.5) is 26.7 Å². The number of alkyl halides is 3. The fourth-order valence-electron chi connectivity index (χ4n) is 4.50. The van der Waals surface area contributed by atoms with E-state index in [2.05, 4.69) is 20.8 Å². The summed E-state index contributed by atoms with van der Waals surface area (Å²) in [5.74, 6) is -4.30. The van der Waals surface area contributed by atoms with E-state index in [1.54, 1.807) is 51.4 Å². The summed E-state index contributed by atoms with van der Waals surface area (Å²) in [6.07, 6.45) is -1.77. The van der Waals surface area contributed by atoms with Gasteiger partial charge in [0.25, 0.3) is 0 Å². The van der Waals surface area contributed by atoms with Gasteiger partial charge in [0.1, 0.15) is 12.2 Å². The quantitative estimate of drug-likeness (QED) is 0.0888. The van der Waals surface area contributed by atoms with Crippen molar-refractivity contribution in [3.05, 3.63) is 71.6 Å². The minimum Gasteiger partial charge on any atom is -0.475 e. The maximum absolute atomic E-state index is 14.3. The van der Waals surface area contributed by atoms with Gasteiger partial charge in [-0.3, -0.25) is 4.98 Å². The Labute approximate surface area is 261 Å². The van der Waals surface area contributed by atoms with Crippen LogP contribution >= 0.6 is 0 Å². The van der Waals surface area contributed by atoms with Crippen LogP contribution in [0.15, 0.2) is 48.8 Å². The van der Waals surface area contributed by atoms with Crippen LogP contribution in [0.25, 0.3) is 21.7 Å². The third-order valence-corrected chi connectivity index (χ3v) is 6.42. The molecule has 2 heterocycles. The van der Waals surface area contributed by atoms with Crippen LogP contribution in [0, 0.1) is 23.0 Å². The number of nitriles is 1. The SMILES string of the molecule is CC(C)(C)OC(=O)N(CCCCOCCOc1nc2cc(C#N)ccc2c2cnccc12)Cc1cc(F)c(OC(F)(F)F)c(F)c1. The highest BCUT2D eigenvalue weighted by Crippen LogP contribution is 2.31. The molecule has 244 valence electrons. The van der Waals surface area contributed by atoms with Crippen LogP contribution < -0.4 is 9.47 Å². The predicted octanol–water partition coefficient (Wildman–Crippen LogP) is 7.44. The standard InChI is InChI=1S/C32H31F5N4O5/c1-31(2,3)46-30(42)41(19-21-14-25(33)28(26(34)15-21)45-32(35,36)37)10-4-5-11-43-12-13-44-29-23-8-9-39-18-24(23)22-7-6-20(17-38)16-27(22)40-29/h6-9,14-16,18H,4-5,10-13,19H2,1-3H3. The number of halogens is 5. The molecule has 0 unspecified atom stereocenters. The molecule has 0 aliphatic rings. The number of rotatable bonds is 12. The molecule has 0 N–H and O–H groups in total. The highest BCUT2D eigenvalue weighted by Gasteiger charge is 2.34. The zero-order valence-electron chi connectivity index (χ0n) is 25.3. The number of fused-ring (bicyclic) bond motifs is 3. The van der Waals surface area contributed by atoms with E-state index >= 15 is 0 Å². The van der Waals surface area contributed by atoms with Crippen LogP contribution in [-0.4, -0.2) is 59.3 Å². The number of amides is 1. The molecule has 2 aromatic carbocycles. The maximum Gasteiger partial charge on any atom is 0.573 e. The Hall–Kier alpha value is -4.77. The summed E-state index contributed by atoms with van der Waals surface area (Å²) >= 11 is 0. The van der Waals surface area contributed by atoms with Gasteiger partial charge in [-0.1, -0.05) is 6.07 Å². The monoisotopic (exact) mass is 646 g/mol. The molecular formula is C32H31F5N4O5. The van der Waals surface area contributed by atoms with E-state index in [1.165, 1.54) is 4.90 Å². The zero-order chi connectivity index (χ0) is 33.5. The summed E-state index contributed by atoms with van der Waals surface area (Å²) in [6, 6.07) is 10.5. The molecule has 0 fully saturated rings. The molecule has 4 rings (SSSR count). The van der Waals surface area contributed by atoms with Crippen molar-refractivity contribution < 1.29 is 45.7 Å². The van der Waals surface area contributed by atoms with Crippen molar-refractivity contribution in [3.63, 3.8) is 0 Å². The van der Waals surface area contributed by atoms with Gasteiger partial charge in [-0.15, -0.1) is 13.2 Å². The van der Waals surface area contributed by atoms with E-state index in [1.807, 2.05) is 6.07 Å². The molecule has 2 aromatic heterocycles. The van der Waals surface area contributed by atoms with Gasteiger partial charge in [-0.05, 0) is 69.5 Å². The summed E-state index contributed by atoms with van der Waals surface area (Å²) in [5.41, 5.74) is 0.119. The van der Waals surface area contributed by atoms with E-state index in [0.29, 0.717) is 48.5 Å². The summed E-state index contributed by atoms with van der Waals surface area (Å²) < 4.78 is 86.4. The molecule has 0 aliphatic carbocycles. The lowest BCUT2D eigenvalue weighted by Gasteiger charge is -2.27. The Bertz CT molecular complexity index is 1710. The van der Waals surface area contributed by atoms with Gasteiger partial charge in [-0.2, -0.15) is 5.26 Å². The largest absolute Gasteiger partial charge is 0.573 e. The zero-order valence-corrected chi connectivity index (χ0v) is 25.3. The number of carbonyl (C=O) groups excluding carboxylic acids is 1. The Morgan fingerprint density at radius 2 is 1.70 bits per heavy atom. The number of carbonyl (C=O) groups is 1. The van der Waals surface area contributed by atoms with E-state index in [4.69, 9.17) is 14.2 Å². The molecule has 0 bridgehead atoms. The number of pyridine rings is 2. The molecule has 4 aromatic rings. The van der Waals surface area contributed by atoms with Crippen molar-refractivity contribution in [1.29, 1.82) is 5.26 Å². The topological polar surface area (TPSA) is 107 Å². The van der Waals surface area contributed by atoms with Crippen molar-refractivity contribution in [2.24, 2.45) is 0 Å². The molecule has 0 aliphatic heterocycles.